The van der Waals surface area contributed by atoms with Crippen molar-refractivity contribution in [3.63, 3.8) is 0 Å². The quantitative estimate of drug-likeness (QED) is 0.528. The zero-order valence-corrected chi connectivity index (χ0v) is 16.8. The monoisotopic (exact) mass is 404 g/mol. The lowest BCUT2D eigenvalue weighted by atomic mass is 10.1. The molecule has 0 heterocycles. The third-order valence-electron chi connectivity index (χ3n) is 4.31. The number of methoxy groups -OCH3 is 1. The second-order valence-electron chi connectivity index (χ2n) is 6.58. The molecule has 0 atom stereocenters. The zero-order chi connectivity index (χ0) is 21.2. The number of hydrogen-bond donors (Lipinski definition) is 2. The molecule has 0 saturated heterocycles. The first-order chi connectivity index (χ1) is 14.7. The van der Waals surface area contributed by atoms with E-state index in [0.717, 1.165) is 5.56 Å². The van der Waals surface area contributed by atoms with E-state index in [4.69, 9.17) is 9.47 Å². The summed E-state index contributed by atoms with van der Waals surface area (Å²) in [7, 11) is 1.59. The Morgan fingerprint density at radius 1 is 0.867 bits per heavy atom. The lowest BCUT2D eigenvalue weighted by Gasteiger charge is -2.12. The van der Waals surface area contributed by atoms with Crippen LogP contribution in [0.4, 0.5) is 5.69 Å². The van der Waals surface area contributed by atoms with Gasteiger partial charge in [-0.3, -0.25) is 9.59 Å². The van der Waals surface area contributed by atoms with Crippen LogP contribution in [0.15, 0.2) is 78.9 Å². The SMILES string of the molecule is COCCNC(=O)Cc1ccc(NC(=O)c2ccccc2Oc2ccccc2)cc1. The van der Waals surface area contributed by atoms with Crippen LogP contribution in [-0.2, 0) is 16.0 Å². The Balaban J connectivity index is 1.62. The summed E-state index contributed by atoms with van der Waals surface area (Å²) >= 11 is 0. The fourth-order valence-electron chi connectivity index (χ4n) is 2.80. The number of carbonyl (C=O) groups excluding carboxylic acids is 2. The lowest BCUT2D eigenvalue weighted by molar-refractivity contribution is -0.120. The predicted molar refractivity (Wildman–Crippen MR) is 116 cm³/mol. The van der Waals surface area contributed by atoms with Crippen molar-refractivity contribution in [1.82, 2.24) is 5.32 Å². The molecule has 3 rings (SSSR count). The van der Waals surface area contributed by atoms with Crippen LogP contribution in [0.25, 0.3) is 0 Å². The molecule has 6 heteroatoms. The highest BCUT2D eigenvalue weighted by Gasteiger charge is 2.13. The summed E-state index contributed by atoms with van der Waals surface area (Å²) in [6, 6.07) is 23.6. The van der Waals surface area contributed by atoms with Crippen LogP contribution in [-0.4, -0.2) is 32.1 Å². The molecule has 0 fully saturated rings. The van der Waals surface area contributed by atoms with Gasteiger partial charge in [-0.1, -0.05) is 42.5 Å². The van der Waals surface area contributed by atoms with Crippen LogP contribution in [0.3, 0.4) is 0 Å². The highest BCUT2D eigenvalue weighted by atomic mass is 16.5. The van der Waals surface area contributed by atoms with Crippen LogP contribution in [0.2, 0.25) is 0 Å². The van der Waals surface area contributed by atoms with Crippen molar-refractivity contribution < 1.29 is 19.1 Å². The van der Waals surface area contributed by atoms with Crippen molar-refractivity contribution in [2.24, 2.45) is 0 Å². The third kappa shape index (κ3) is 6.18. The maximum atomic E-state index is 12.8. The second kappa shape index (κ2) is 10.8. The van der Waals surface area contributed by atoms with Gasteiger partial charge >= 0.3 is 0 Å². The predicted octanol–water partition coefficient (Wildman–Crippen LogP) is 4.04. The van der Waals surface area contributed by atoms with Gasteiger partial charge in [-0.2, -0.15) is 0 Å². The van der Waals surface area contributed by atoms with Gasteiger partial charge in [0.2, 0.25) is 5.91 Å². The van der Waals surface area contributed by atoms with Crippen LogP contribution in [0, 0.1) is 0 Å². The van der Waals surface area contributed by atoms with Crippen LogP contribution in [0.1, 0.15) is 15.9 Å². The molecular weight excluding hydrogens is 380 g/mol. The first kappa shape index (κ1) is 21.1. The number of nitrogens with one attached hydrogen (secondary N) is 2. The summed E-state index contributed by atoms with van der Waals surface area (Å²) in [5, 5.41) is 5.65. The highest BCUT2D eigenvalue weighted by Crippen LogP contribution is 2.25. The number of carbonyl (C=O) groups is 2. The van der Waals surface area contributed by atoms with E-state index >= 15 is 0 Å². The average molecular weight is 404 g/mol. The number of benzene rings is 3. The normalized spacial score (nSPS) is 10.3. The van der Waals surface area contributed by atoms with Crippen LogP contribution in [0.5, 0.6) is 11.5 Å². The van der Waals surface area contributed by atoms with Crippen molar-refractivity contribution in [1.29, 1.82) is 0 Å². The molecule has 0 aromatic heterocycles. The minimum absolute atomic E-state index is 0.0733. The Bertz CT molecular complexity index is 972. The van der Waals surface area contributed by atoms with Crippen molar-refractivity contribution in [2.75, 3.05) is 25.6 Å². The second-order valence-corrected chi connectivity index (χ2v) is 6.58. The van der Waals surface area contributed by atoms with E-state index < -0.39 is 0 Å². The first-order valence-corrected chi connectivity index (χ1v) is 9.63. The molecule has 3 aromatic carbocycles. The van der Waals surface area contributed by atoms with Crippen molar-refractivity contribution in [3.05, 3.63) is 90.0 Å². The van der Waals surface area contributed by atoms with Gasteiger partial charge in [0.15, 0.2) is 0 Å². The maximum Gasteiger partial charge on any atom is 0.259 e. The molecule has 30 heavy (non-hydrogen) atoms. The molecule has 154 valence electrons. The van der Waals surface area contributed by atoms with E-state index in [1.54, 1.807) is 37.4 Å². The Morgan fingerprint density at radius 2 is 1.57 bits per heavy atom. The van der Waals surface area contributed by atoms with Gasteiger partial charge in [0.05, 0.1) is 18.6 Å². The van der Waals surface area contributed by atoms with E-state index in [-0.39, 0.29) is 18.2 Å². The van der Waals surface area contributed by atoms with Crippen molar-refractivity contribution in [2.45, 2.75) is 6.42 Å². The van der Waals surface area contributed by atoms with E-state index in [2.05, 4.69) is 10.6 Å². The number of amides is 2. The maximum absolute atomic E-state index is 12.8. The Hall–Kier alpha value is -3.64. The minimum Gasteiger partial charge on any atom is -0.457 e. The van der Waals surface area contributed by atoms with Crippen LogP contribution >= 0.6 is 0 Å². The molecule has 0 spiro atoms. The fourth-order valence-corrected chi connectivity index (χ4v) is 2.80. The van der Waals surface area contributed by atoms with Crippen LogP contribution < -0.4 is 15.4 Å². The number of rotatable bonds is 9. The smallest absolute Gasteiger partial charge is 0.259 e. The van der Waals surface area contributed by atoms with Gasteiger partial charge in [0.25, 0.3) is 5.91 Å². The molecule has 6 nitrogen and oxygen atoms in total. The van der Waals surface area contributed by atoms with E-state index in [1.807, 2.05) is 48.5 Å². The van der Waals surface area contributed by atoms with Gasteiger partial charge in [-0.15, -0.1) is 0 Å². The molecule has 0 aliphatic heterocycles. The Labute approximate surface area is 175 Å². The fraction of sp³-hybridized carbons (Fsp3) is 0.167. The lowest BCUT2D eigenvalue weighted by Crippen LogP contribution is -2.28. The van der Waals surface area contributed by atoms with E-state index in [0.29, 0.717) is 35.9 Å². The molecule has 0 bridgehead atoms. The molecular formula is C24H24N2O4. The molecule has 0 saturated carbocycles. The number of hydrogen-bond acceptors (Lipinski definition) is 4. The molecule has 2 amide bonds. The molecule has 3 aromatic rings. The third-order valence-corrected chi connectivity index (χ3v) is 4.31. The van der Waals surface area contributed by atoms with Gasteiger partial charge in [-0.05, 0) is 42.0 Å². The number of anilines is 1. The molecule has 0 unspecified atom stereocenters. The highest BCUT2D eigenvalue weighted by molar-refractivity contribution is 6.06. The average Bonchev–Trinajstić information content (AvgIpc) is 2.76. The van der Waals surface area contributed by atoms with Gasteiger partial charge in [-0.25, -0.2) is 0 Å². The zero-order valence-electron chi connectivity index (χ0n) is 16.8. The Morgan fingerprint density at radius 3 is 2.30 bits per heavy atom. The van der Waals surface area contributed by atoms with E-state index in [9.17, 15) is 9.59 Å². The molecule has 2 N–H and O–H groups in total. The van der Waals surface area contributed by atoms with Crippen molar-refractivity contribution in [3.8, 4) is 11.5 Å². The van der Waals surface area contributed by atoms with E-state index in [1.165, 1.54) is 0 Å². The summed E-state index contributed by atoms with van der Waals surface area (Å²) in [5.74, 6) is 0.791. The van der Waals surface area contributed by atoms with Gasteiger partial charge < -0.3 is 20.1 Å². The molecule has 0 radical (unpaired) electrons. The first-order valence-electron chi connectivity index (χ1n) is 9.63. The molecule has 0 aliphatic rings. The molecule has 0 aliphatic carbocycles. The standard InChI is InChI=1S/C24H24N2O4/c1-29-16-15-25-23(27)17-18-11-13-19(14-12-18)26-24(28)21-9-5-6-10-22(21)30-20-7-3-2-4-8-20/h2-14H,15-17H2,1H3,(H,25,27)(H,26,28). The summed E-state index contributed by atoms with van der Waals surface area (Å²) in [4.78, 5) is 24.6. The summed E-state index contributed by atoms with van der Waals surface area (Å²) in [6.07, 6.45) is 0.270. The minimum atomic E-state index is -0.272. The Kier molecular flexibility index (Phi) is 7.58. The van der Waals surface area contributed by atoms with Gasteiger partial charge in [0, 0.05) is 19.3 Å². The summed E-state index contributed by atoms with van der Waals surface area (Å²) < 4.78 is 10.8. The van der Waals surface area contributed by atoms with Crippen molar-refractivity contribution >= 4 is 17.5 Å². The number of para-hydroxylation sites is 2. The topological polar surface area (TPSA) is 76.7 Å². The largest absolute Gasteiger partial charge is 0.457 e. The number of ether oxygens (including phenoxy) is 2. The summed E-state index contributed by atoms with van der Waals surface area (Å²) in [5.41, 5.74) is 1.93. The van der Waals surface area contributed by atoms with Gasteiger partial charge in [0.1, 0.15) is 11.5 Å². The summed E-state index contributed by atoms with van der Waals surface area (Å²) in [6.45, 7) is 0.958.